The lowest BCUT2D eigenvalue weighted by molar-refractivity contribution is -0.125. The molecule has 0 spiro atoms. The Morgan fingerprint density at radius 2 is 1.53 bits per heavy atom. The molecular weight excluding hydrogens is 817 g/mol. The fourth-order valence-corrected chi connectivity index (χ4v) is 7.48. The number of aromatic nitrogens is 8. The number of rotatable bonds is 16. The molecule has 64 heavy (non-hydrogen) atoms. The van der Waals surface area contributed by atoms with Crippen LogP contribution in [-0.2, 0) is 9.59 Å². The van der Waals surface area contributed by atoms with Gasteiger partial charge in [-0.3, -0.25) is 9.59 Å². The van der Waals surface area contributed by atoms with E-state index in [1.165, 1.54) is 18.7 Å². The highest BCUT2D eigenvalue weighted by Gasteiger charge is 2.27. The number of methoxy groups -OCH3 is 2. The maximum absolute atomic E-state index is 13.3. The lowest BCUT2D eigenvalue weighted by atomic mass is 10.1. The molecule has 328 valence electrons. The zero-order valence-corrected chi connectivity index (χ0v) is 35.7. The van der Waals surface area contributed by atoms with E-state index in [0.717, 1.165) is 24.2 Å². The van der Waals surface area contributed by atoms with Crippen molar-refractivity contribution in [2.24, 2.45) is 0 Å². The number of hydrogen-bond donors (Lipinski definition) is 4. The van der Waals surface area contributed by atoms with Crippen LogP contribution in [0.5, 0.6) is 23.0 Å². The normalized spacial score (nSPS) is 16.5. The van der Waals surface area contributed by atoms with Gasteiger partial charge in [0.15, 0.2) is 51.3 Å². The number of fused-ring (bicyclic) bond motifs is 2. The Morgan fingerprint density at radius 3 is 2.23 bits per heavy atom. The Bertz CT molecular complexity index is 2770. The van der Waals surface area contributed by atoms with E-state index in [9.17, 15) is 9.59 Å². The monoisotopic (exact) mass is 864 g/mol. The number of amides is 2. The lowest BCUT2D eigenvalue weighted by Gasteiger charge is -2.16. The summed E-state index contributed by atoms with van der Waals surface area (Å²) in [7, 11) is 3.18. The number of carbonyl (C=O) groups is 2. The SMILES string of the molecule is C=CC(=O)N1CCC(Nc2ncnc3[nH]c(C#CCOc4ccc(/C=C\C(=O)N5CCC(Nc6ncnc7[nH]c(C(C)/C=C/COc8ccccc8OC)nc67)C5)c(OC)c4)nc23)C1. The van der Waals surface area contributed by atoms with Crippen LogP contribution in [0.2, 0.25) is 0 Å². The van der Waals surface area contributed by atoms with Crippen LogP contribution in [-0.4, -0.2) is 127 Å². The first kappa shape index (κ1) is 42.7. The third kappa shape index (κ3) is 10.1. The fourth-order valence-electron chi connectivity index (χ4n) is 7.48. The van der Waals surface area contributed by atoms with Crippen molar-refractivity contribution in [2.45, 2.75) is 37.8 Å². The van der Waals surface area contributed by atoms with E-state index in [0.29, 0.717) is 95.6 Å². The Balaban J connectivity index is 0.815. The molecule has 2 aliphatic heterocycles. The molecule has 0 saturated carbocycles. The number of benzene rings is 2. The molecule has 4 aromatic heterocycles. The van der Waals surface area contributed by atoms with Gasteiger partial charge < -0.3 is 49.3 Å². The van der Waals surface area contributed by atoms with Crippen LogP contribution in [0.3, 0.4) is 0 Å². The van der Waals surface area contributed by atoms with E-state index in [2.05, 4.69) is 63.9 Å². The van der Waals surface area contributed by atoms with Gasteiger partial charge in [0.25, 0.3) is 0 Å². The quantitative estimate of drug-likeness (QED) is 0.0565. The summed E-state index contributed by atoms with van der Waals surface area (Å²) in [5, 5.41) is 6.87. The summed E-state index contributed by atoms with van der Waals surface area (Å²) in [6.07, 6.45) is 13.1. The summed E-state index contributed by atoms with van der Waals surface area (Å²) < 4.78 is 22.7. The second kappa shape index (κ2) is 19.8. The van der Waals surface area contributed by atoms with Gasteiger partial charge in [0.1, 0.15) is 43.2 Å². The number of allylic oxidation sites excluding steroid dienone is 1. The molecule has 0 aliphatic carbocycles. The minimum atomic E-state index is -0.114. The number of nitrogens with one attached hydrogen (secondary N) is 4. The second-order valence-corrected chi connectivity index (χ2v) is 15.1. The molecular formula is C46H48N12O6. The molecule has 3 unspecified atom stereocenters. The number of ether oxygens (including phenoxy) is 4. The lowest BCUT2D eigenvalue weighted by Crippen LogP contribution is -2.30. The number of nitrogens with zero attached hydrogens (tertiary/aromatic N) is 8. The van der Waals surface area contributed by atoms with Gasteiger partial charge in [-0.05, 0) is 55.2 Å². The highest BCUT2D eigenvalue weighted by atomic mass is 16.5. The molecule has 4 N–H and O–H groups in total. The average molecular weight is 865 g/mol. The molecule has 2 fully saturated rings. The zero-order chi connectivity index (χ0) is 44.4. The largest absolute Gasteiger partial charge is 0.496 e. The van der Waals surface area contributed by atoms with Gasteiger partial charge in [-0.2, -0.15) is 0 Å². The predicted molar refractivity (Wildman–Crippen MR) is 241 cm³/mol. The smallest absolute Gasteiger partial charge is 0.246 e. The molecule has 18 heteroatoms. The van der Waals surface area contributed by atoms with Crippen molar-refractivity contribution in [3.8, 4) is 34.8 Å². The van der Waals surface area contributed by atoms with Crippen LogP contribution in [0.15, 0.2) is 86.0 Å². The predicted octanol–water partition coefficient (Wildman–Crippen LogP) is 5.13. The van der Waals surface area contributed by atoms with Gasteiger partial charge in [-0.15, -0.1) is 0 Å². The average Bonchev–Trinajstić information content (AvgIpc) is 4.16. The van der Waals surface area contributed by atoms with E-state index in [4.69, 9.17) is 23.9 Å². The molecule has 2 amide bonds. The minimum Gasteiger partial charge on any atom is -0.496 e. The van der Waals surface area contributed by atoms with Crippen molar-refractivity contribution in [3.63, 3.8) is 0 Å². The number of anilines is 2. The first-order valence-electron chi connectivity index (χ1n) is 20.8. The molecule has 3 atom stereocenters. The van der Waals surface area contributed by atoms with Crippen LogP contribution in [0, 0.1) is 11.8 Å². The summed E-state index contributed by atoms with van der Waals surface area (Å²) in [6, 6.07) is 12.9. The van der Waals surface area contributed by atoms with E-state index in [1.54, 1.807) is 48.3 Å². The number of carbonyl (C=O) groups excluding carboxylic acids is 2. The van der Waals surface area contributed by atoms with Crippen molar-refractivity contribution in [1.29, 1.82) is 0 Å². The summed E-state index contributed by atoms with van der Waals surface area (Å²) in [4.78, 5) is 62.2. The van der Waals surface area contributed by atoms with Gasteiger partial charge in [0.05, 0.1) is 14.2 Å². The zero-order valence-electron chi connectivity index (χ0n) is 35.7. The molecule has 18 nitrogen and oxygen atoms in total. The van der Waals surface area contributed by atoms with Crippen molar-refractivity contribution < 1.29 is 28.5 Å². The molecule has 2 saturated heterocycles. The summed E-state index contributed by atoms with van der Waals surface area (Å²) in [6.45, 7) is 8.37. The van der Waals surface area contributed by atoms with Crippen LogP contribution in [0.1, 0.15) is 42.9 Å². The van der Waals surface area contributed by atoms with Gasteiger partial charge >= 0.3 is 0 Å². The number of aromatic amines is 2. The van der Waals surface area contributed by atoms with Crippen molar-refractivity contribution in [3.05, 3.63) is 103 Å². The molecule has 2 aliphatic rings. The topological polar surface area (TPSA) is 211 Å². The van der Waals surface area contributed by atoms with Crippen molar-refractivity contribution >= 4 is 51.9 Å². The van der Waals surface area contributed by atoms with Crippen LogP contribution in [0.25, 0.3) is 28.4 Å². The number of likely N-dealkylation sites (tertiary alicyclic amines) is 2. The highest BCUT2D eigenvalue weighted by molar-refractivity contribution is 5.92. The van der Waals surface area contributed by atoms with Crippen LogP contribution >= 0.6 is 0 Å². The molecule has 0 bridgehead atoms. The van der Waals surface area contributed by atoms with Crippen LogP contribution < -0.4 is 29.6 Å². The van der Waals surface area contributed by atoms with Gasteiger partial charge in [-0.25, -0.2) is 29.9 Å². The number of hydrogen-bond acceptors (Lipinski definition) is 14. The van der Waals surface area contributed by atoms with E-state index in [-0.39, 0.29) is 36.4 Å². The summed E-state index contributed by atoms with van der Waals surface area (Å²) in [5.41, 5.74) is 3.10. The van der Waals surface area contributed by atoms with Crippen molar-refractivity contribution in [1.82, 2.24) is 49.7 Å². The number of H-pyrrole nitrogens is 2. The molecule has 0 radical (unpaired) electrons. The first-order chi connectivity index (χ1) is 31.3. The maximum atomic E-state index is 13.3. The standard InChI is InChI=1S/C46H48N12O6/c1-5-38(59)57-20-18-31(25-57)51-43-40-45(49-27-47-43)54-37(53-40)13-9-22-63-33-16-14-30(36(24-33)62-4)15-17-39(60)58-21-19-32(26-58)52-44-41-46(50-28-48-44)56-42(55-41)29(2)10-8-23-64-35-12-7-6-11-34(35)61-3/h5-8,10-12,14-17,24,27-29,31-32H,1,18-23,25-26H2,2-4H3,(H2,47,49,51,53,54)(H2,48,50,52,55,56)/b10-8+,17-15-. The summed E-state index contributed by atoms with van der Waals surface area (Å²) >= 11 is 0. The first-order valence-corrected chi connectivity index (χ1v) is 20.8. The van der Waals surface area contributed by atoms with E-state index in [1.807, 2.05) is 49.4 Å². The van der Waals surface area contributed by atoms with E-state index < -0.39 is 0 Å². The van der Waals surface area contributed by atoms with Gasteiger partial charge in [0.2, 0.25) is 11.8 Å². The fraction of sp³-hybridized carbons (Fsp3) is 0.304. The number of imidazole rings is 2. The van der Waals surface area contributed by atoms with E-state index >= 15 is 0 Å². The molecule has 2 aromatic carbocycles. The Hall–Kier alpha value is -7.94. The minimum absolute atomic E-state index is 0.0193. The Labute approximate surface area is 369 Å². The second-order valence-electron chi connectivity index (χ2n) is 15.1. The van der Waals surface area contributed by atoms with Gasteiger partial charge in [0, 0.05) is 61.9 Å². The molecule has 6 aromatic rings. The highest BCUT2D eigenvalue weighted by Crippen LogP contribution is 2.29. The number of para-hydroxylation sites is 2. The van der Waals surface area contributed by atoms with Crippen LogP contribution in [0.4, 0.5) is 11.6 Å². The molecule has 8 rings (SSSR count). The molecule has 6 heterocycles. The maximum Gasteiger partial charge on any atom is 0.246 e. The summed E-state index contributed by atoms with van der Waals surface area (Å²) in [5.74, 6) is 10.5. The van der Waals surface area contributed by atoms with Crippen molar-refractivity contribution in [2.75, 3.05) is 64.2 Å². The Kier molecular flexibility index (Phi) is 13.2. The van der Waals surface area contributed by atoms with Gasteiger partial charge in [-0.1, -0.05) is 43.7 Å². The third-order valence-corrected chi connectivity index (χ3v) is 10.8. The third-order valence-electron chi connectivity index (χ3n) is 10.8. The Morgan fingerprint density at radius 1 is 0.859 bits per heavy atom.